The van der Waals surface area contributed by atoms with Gasteiger partial charge < -0.3 is 19.5 Å². The summed E-state index contributed by atoms with van der Waals surface area (Å²) >= 11 is 0. The lowest BCUT2D eigenvalue weighted by Gasteiger charge is -2.34. The quantitative estimate of drug-likeness (QED) is 0.419. The Morgan fingerprint density at radius 1 is 1.06 bits per heavy atom. The molecule has 0 saturated heterocycles. The zero-order chi connectivity index (χ0) is 24.2. The summed E-state index contributed by atoms with van der Waals surface area (Å²) in [6.45, 7) is 0.170. The van der Waals surface area contributed by atoms with Gasteiger partial charge in [-0.25, -0.2) is 4.79 Å². The highest BCUT2D eigenvalue weighted by Gasteiger charge is 2.38. The highest BCUT2D eigenvalue weighted by molar-refractivity contribution is 6.01. The standard InChI is InChI=1S/C25H22N2O7/c1-33-22-12-19(20(27(31)32)13-23(22)34-15-16-7-3-2-4-8-16)24(28)26-14-18-10-6-5-9-17(18)11-21(26)25(29)30/h2-10,12-13,21H,11,14-15H2,1H3,(H,29,30). The molecule has 0 saturated carbocycles. The minimum Gasteiger partial charge on any atom is -0.493 e. The van der Waals surface area contributed by atoms with Crippen molar-refractivity contribution in [2.45, 2.75) is 25.6 Å². The molecule has 1 heterocycles. The third-order valence-electron chi connectivity index (χ3n) is 5.74. The van der Waals surface area contributed by atoms with E-state index in [-0.39, 0.29) is 36.6 Å². The van der Waals surface area contributed by atoms with E-state index in [1.54, 1.807) is 12.1 Å². The first-order chi connectivity index (χ1) is 16.4. The molecule has 1 amide bonds. The number of ether oxygens (including phenoxy) is 2. The molecule has 0 aliphatic carbocycles. The van der Waals surface area contributed by atoms with Gasteiger partial charge in [-0.2, -0.15) is 0 Å². The van der Waals surface area contributed by atoms with Gasteiger partial charge in [0, 0.05) is 19.0 Å². The van der Waals surface area contributed by atoms with Crippen molar-refractivity contribution in [2.24, 2.45) is 0 Å². The van der Waals surface area contributed by atoms with Crippen LogP contribution in [-0.4, -0.2) is 40.0 Å². The normalized spacial score (nSPS) is 14.7. The third kappa shape index (κ3) is 4.54. The highest BCUT2D eigenvalue weighted by Crippen LogP contribution is 2.37. The van der Waals surface area contributed by atoms with Crippen LogP contribution in [0.3, 0.4) is 0 Å². The molecule has 0 radical (unpaired) electrons. The third-order valence-corrected chi connectivity index (χ3v) is 5.74. The molecule has 0 spiro atoms. The molecule has 3 aromatic rings. The number of carboxylic acids is 1. The van der Waals surface area contributed by atoms with Gasteiger partial charge in [-0.3, -0.25) is 14.9 Å². The van der Waals surface area contributed by atoms with Crippen molar-refractivity contribution in [2.75, 3.05) is 7.11 Å². The number of hydrogen-bond donors (Lipinski definition) is 1. The fourth-order valence-corrected chi connectivity index (χ4v) is 3.99. The van der Waals surface area contributed by atoms with Crippen molar-refractivity contribution in [1.82, 2.24) is 4.90 Å². The van der Waals surface area contributed by atoms with Gasteiger partial charge in [0.1, 0.15) is 18.2 Å². The van der Waals surface area contributed by atoms with Crippen LogP contribution in [0.4, 0.5) is 5.69 Å². The summed E-state index contributed by atoms with van der Waals surface area (Å²) in [4.78, 5) is 37.8. The maximum absolute atomic E-state index is 13.5. The number of nitro groups is 1. The predicted octanol–water partition coefficient (Wildman–Crippen LogP) is 3.83. The molecule has 1 unspecified atom stereocenters. The number of carbonyl (C=O) groups excluding carboxylic acids is 1. The zero-order valence-electron chi connectivity index (χ0n) is 18.3. The van der Waals surface area contributed by atoms with Gasteiger partial charge in [0.15, 0.2) is 11.5 Å². The van der Waals surface area contributed by atoms with Crippen molar-refractivity contribution in [1.29, 1.82) is 0 Å². The Kier molecular flexibility index (Phi) is 6.44. The second-order valence-electron chi connectivity index (χ2n) is 7.81. The average molecular weight is 462 g/mol. The van der Waals surface area contributed by atoms with Gasteiger partial charge in [0.25, 0.3) is 11.6 Å². The number of benzene rings is 3. The number of nitrogens with zero attached hydrogens (tertiary/aromatic N) is 2. The number of hydrogen-bond acceptors (Lipinski definition) is 6. The van der Waals surface area contributed by atoms with Crippen LogP contribution < -0.4 is 9.47 Å². The molecule has 4 rings (SSSR count). The first-order valence-corrected chi connectivity index (χ1v) is 10.5. The van der Waals surface area contributed by atoms with Gasteiger partial charge in [0.05, 0.1) is 18.1 Å². The van der Waals surface area contributed by atoms with E-state index in [0.29, 0.717) is 0 Å². The van der Waals surface area contributed by atoms with E-state index in [4.69, 9.17) is 9.47 Å². The van der Waals surface area contributed by atoms with Crippen LogP contribution in [0, 0.1) is 10.1 Å². The fourth-order valence-electron chi connectivity index (χ4n) is 3.99. The fraction of sp³-hybridized carbons (Fsp3) is 0.200. The highest BCUT2D eigenvalue weighted by atomic mass is 16.6. The Labute approximate surface area is 195 Å². The van der Waals surface area contributed by atoms with Crippen molar-refractivity contribution >= 4 is 17.6 Å². The summed E-state index contributed by atoms with van der Waals surface area (Å²) in [6, 6.07) is 17.7. The molecule has 1 N–H and O–H groups in total. The molecule has 0 aromatic heterocycles. The minimum absolute atomic E-state index is 0.0255. The molecule has 174 valence electrons. The molecule has 0 bridgehead atoms. The van der Waals surface area contributed by atoms with Crippen LogP contribution in [0.25, 0.3) is 0 Å². The van der Waals surface area contributed by atoms with E-state index in [9.17, 15) is 24.8 Å². The number of nitro benzene ring substituents is 1. The Balaban J connectivity index is 1.70. The predicted molar refractivity (Wildman–Crippen MR) is 122 cm³/mol. The summed E-state index contributed by atoms with van der Waals surface area (Å²) in [7, 11) is 1.36. The maximum atomic E-state index is 13.5. The number of fused-ring (bicyclic) bond motifs is 1. The van der Waals surface area contributed by atoms with E-state index < -0.39 is 28.5 Å². The number of aliphatic carboxylic acids is 1. The number of amides is 1. The van der Waals surface area contributed by atoms with Gasteiger partial charge >= 0.3 is 5.97 Å². The lowest BCUT2D eigenvalue weighted by molar-refractivity contribution is -0.385. The van der Waals surface area contributed by atoms with Crippen LogP contribution in [0.1, 0.15) is 27.0 Å². The van der Waals surface area contributed by atoms with E-state index in [1.165, 1.54) is 13.2 Å². The van der Waals surface area contributed by atoms with Gasteiger partial charge in [-0.05, 0) is 16.7 Å². The number of rotatable bonds is 7. The summed E-state index contributed by atoms with van der Waals surface area (Å²) < 4.78 is 11.1. The van der Waals surface area contributed by atoms with Crippen LogP contribution in [0.2, 0.25) is 0 Å². The molecule has 3 aromatic carbocycles. The number of carboxylic acid groups (broad SMARTS) is 1. The first-order valence-electron chi connectivity index (χ1n) is 10.5. The Morgan fingerprint density at radius 3 is 2.38 bits per heavy atom. The molecule has 1 aliphatic heterocycles. The van der Waals surface area contributed by atoms with E-state index in [1.807, 2.05) is 42.5 Å². The lowest BCUT2D eigenvalue weighted by Crippen LogP contribution is -2.48. The lowest BCUT2D eigenvalue weighted by atomic mass is 9.93. The first kappa shape index (κ1) is 22.8. The van der Waals surface area contributed by atoms with Crippen molar-refractivity contribution in [3.05, 3.63) is 99.1 Å². The van der Waals surface area contributed by atoms with Crippen molar-refractivity contribution in [3.8, 4) is 11.5 Å². The van der Waals surface area contributed by atoms with Crippen molar-refractivity contribution < 1.29 is 29.1 Å². The number of methoxy groups -OCH3 is 1. The minimum atomic E-state index is -1.18. The molecule has 0 fully saturated rings. The largest absolute Gasteiger partial charge is 0.493 e. The maximum Gasteiger partial charge on any atom is 0.326 e. The Bertz CT molecular complexity index is 1240. The van der Waals surface area contributed by atoms with Gasteiger partial charge in [-0.15, -0.1) is 0 Å². The average Bonchev–Trinajstić information content (AvgIpc) is 2.86. The number of carbonyl (C=O) groups is 2. The summed E-state index contributed by atoms with van der Waals surface area (Å²) in [6.07, 6.45) is 0.112. The molecule has 9 heteroatoms. The van der Waals surface area contributed by atoms with E-state index in [2.05, 4.69) is 0 Å². The molecular formula is C25H22N2O7. The summed E-state index contributed by atoms with van der Waals surface area (Å²) in [5, 5.41) is 21.6. The second kappa shape index (κ2) is 9.62. The topological polar surface area (TPSA) is 119 Å². The zero-order valence-corrected chi connectivity index (χ0v) is 18.3. The van der Waals surface area contributed by atoms with Crippen LogP contribution in [0.15, 0.2) is 66.7 Å². The molecular weight excluding hydrogens is 440 g/mol. The molecule has 1 aliphatic rings. The summed E-state index contributed by atoms with van der Waals surface area (Å²) in [5.41, 5.74) is 1.72. The molecule has 34 heavy (non-hydrogen) atoms. The van der Waals surface area contributed by atoms with Crippen LogP contribution in [-0.2, 0) is 24.4 Å². The Morgan fingerprint density at radius 2 is 1.74 bits per heavy atom. The van der Waals surface area contributed by atoms with Crippen LogP contribution >= 0.6 is 0 Å². The smallest absolute Gasteiger partial charge is 0.326 e. The van der Waals surface area contributed by atoms with E-state index in [0.717, 1.165) is 27.7 Å². The SMILES string of the molecule is COc1cc(C(=O)N2Cc3ccccc3CC2C(=O)O)c([N+](=O)[O-])cc1OCc1ccccc1. The molecule has 1 atom stereocenters. The van der Waals surface area contributed by atoms with Crippen molar-refractivity contribution in [3.63, 3.8) is 0 Å². The Hall–Kier alpha value is -4.40. The monoisotopic (exact) mass is 462 g/mol. The molecule has 9 nitrogen and oxygen atoms in total. The van der Waals surface area contributed by atoms with Gasteiger partial charge in [0.2, 0.25) is 0 Å². The second-order valence-corrected chi connectivity index (χ2v) is 7.81. The van der Waals surface area contributed by atoms with E-state index >= 15 is 0 Å². The van der Waals surface area contributed by atoms with Gasteiger partial charge in [-0.1, -0.05) is 54.6 Å². The summed E-state index contributed by atoms with van der Waals surface area (Å²) in [5.74, 6) is -1.70. The van der Waals surface area contributed by atoms with Crippen LogP contribution in [0.5, 0.6) is 11.5 Å².